The molecule has 33 heavy (non-hydrogen) atoms. The highest BCUT2D eigenvalue weighted by atomic mass is 35.5. The van der Waals surface area contributed by atoms with E-state index in [9.17, 15) is 13.2 Å². The van der Waals surface area contributed by atoms with E-state index in [-0.39, 0.29) is 21.4 Å². The van der Waals surface area contributed by atoms with E-state index in [4.69, 9.17) is 25.3 Å². The first-order chi connectivity index (χ1) is 15.7. The van der Waals surface area contributed by atoms with Crippen LogP contribution in [-0.4, -0.2) is 34.8 Å². The molecular formula is C23H21ClN2O6S. The van der Waals surface area contributed by atoms with E-state index in [1.807, 2.05) is 6.92 Å². The summed E-state index contributed by atoms with van der Waals surface area (Å²) in [6.07, 6.45) is 1.34. The zero-order chi connectivity index (χ0) is 24.0. The van der Waals surface area contributed by atoms with E-state index < -0.39 is 16.0 Å². The Morgan fingerprint density at radius 3 is 2.27 bits per heavy atom. The van der Waals surface area contributed by atoms with Crippen LogP contribution in [0.25, 0.3) is 0 Å². The minimum absolute atomic E-state index is 0.00651. The molecule has 8 nitrogen and oxygen atoms in total. The number of rotatable bonds is 8. The molecule has 10 heteroatoms. The van der Waals surface area contributed by atoms with E-state index in [1.54, 1.807) is 36.4 Å². The van der Waals surface area contributed by atoms with Crippen LogP contribution >= 0.6 is 11.6 Å². The molecule has 0 radical (unpaired) electrons. The summed E-state index contributed by atoms with van der Waals surface area (Å²) in [5.41, 5.74) is 4.16. The topological polar surface area (TPSA) is 103 Å². The zero-order valence-corrected chi connectivity index (χ0v) is 19.6. The van der Waals surface area contributed by atoms with Gasteiger partial charge in [0.15, 0.2) is 5.75 Å². The monoisotopic (exact) mass is 488 g/mol. The summed E-state index contributed by atoms with van der Waals surface area (Å²) in [6.45, 7) is 1.84. The molecule has 3 rings (SSSR count). The van der Waals surface area contributed by atoms with Gasteiger partial charge in [-0.15, -0.1) is 0 Å². The van der Waals surface area contributed by atoms with E-state index in [1.165, 1.54) is 44.7 Å². The largest absolute Gasteiger partial charge is 0.497 e. The molecule has 3 aromatic carbocycles. The summed E-state index contributed by atoms with van der Waals surface area (Å²) in [7, 11) is -1.24. The minimum Gasteiger partial charge on any atom is -0.497 e. The molecule has 0 aromatic heterocycles. The summed E-state index contributed by atoms with van der Waals surface area (Å²) >= 11 is 6.27. The van der Waals surface area contributed by atoms with Crippen molar-refractivity contribution >= 4 is 33.8 Å². The fourth-order valence-corrected chi connectivity index (χ4v) is 3.99. The van der Waals surface area contributed by atoms with Crippen molar-refractivity contribution in [2.45, 2.75) is 11.8 Å². The molecule has 1 N–H and O–H groups in total. The standard InChI is InChI=1S/C23H21ClN2O6S/c1-15-4-10-19(11-5-15)33(28,29)32-22-20(24)12-16(13-21(22)31-3)14-25-26-23(27)17-6-8-18(30-2)9-7-17/h4-14H,1-3H3,(H,26,27)/b25-14+. The van der Waals surface area contributed by atoms with Gasteiger partial charge in [-0.2, -0.15) is 13.5 Å². The van der Waals surface area contributed by atoms with Crippen LogP contribution in [0.15, 0.2) is 70.7 Å². The maximum Gasteiger partial charge on any atom is 0.339 e. The molecule has 0 heterocycles. The molecule has 0 saturated carbocycles. The molecule has 172 valence electrons. The Morgan fingerprint density at radius 1 is 1.00 bits per heavy atom. The van der Waals surface area contributed by atoms with E-state index in [2.05, 4.69) is 10.5 Å². The number of nitrogens with zero attached hydrogens (tertiary/aromatic N) is 1. The molecule has 0 saturated heterocycles. The number of hydrogen-bond acceptors (Lipinski definition) is 7. The summed E-state index contributed by atoms with van der Waals surface area (Å²) in [6, 6.07) is 15.6. The van der Waals surface area contributed by atoms with Gasteiger partial charge in [0.25, 0.3) is 5.91 Å². The van der Waals surface area contributed by atoms with Crippen LogP contribution in [-0.2, 0) is 10.1 Å². The number of hydrazone groups is 1. The number of halogens is 1. The van der Waals surface area contributed by atoms with Crippen LogP contribution in [0.3, 0.4) is 0 Å². The average molecular weight is 489 g/mol. The molecule has 0 spiro atoms. The Morgan fingerprint density at radius 2 is 1.67 bits per heavy atom. The number of carbonyl (C=O) groups excluding carboxylic acids is 1. The van der Waals surface area contributed by atoms with Gasteiger partial charge >= 0.3 is 10.1 Å². The maximum absolute atomic E-state index is 12.6. The van der Waals surface area contributed by atoms with Gasteiger partial charge in [0.05, 0.1) is 25.5 Å². The fraction of sp³-hybridized carbons (Fsp3) is 0.130. The van der Waals surface area contributed by atoms with Crippen molar-refractivity contribution in [2.75, 3.05) is 14.2 Å². The Balaban J connectivity index is 1.76. The van der Waals surface area contributed by atoms with Crippen LogP contribution in [0, 0.1) is 6.92 Å². The number of nitrogens with one attached hydrogen (secondary N) is 1. The first-order valence-corrected chi connectivity index (χ1v) is 11.4. The van der Waals surface area contributed by atoms with Gasteiger partial charge in [-0.05, 0) is 61.0 Å². The number of hydrogen-bond donors (Lipinski definition) is 1. The lowest BCUT2D eigenvalue weighted by Gasteiger charge is -2.13. The first kappa shape index (κ1) is 24.1. The van der Waals surface area contributed by atoms with Crippen molar-refractivity contribution in [3.8, 4) is 17.2 Å². The van der Waals surface area contributed by atoms with Crippen molar-refractivity contribution in [1.29, 1.82) is 0 Å². The second kappa shape index (κ2) is 10.4. The Hall–Kier alpha value is -3.56. The van der Waals surface area contributed by atoms with Gasteiger partial charge < -0.3 is 13.7 Å². The van der Waals surface area contributed by atoms with E-state index in [0.29, 0.717) is 16.9 Å². The van der Waals surface area contributed by atoms with Crippen molar-refractivity contribution in [3.63, 3.8) is 0 Å². The average Bonchev–Trinajstić information content (AvgIpc) is 2.80. The molecule has 0 bridgehead atoms. The number of methoxy groups -OCH3 is 2. The lowest BCUT2D eigenvalue weighted by atomic mass is 10.2. The van der Waals surface area contributed by atoms with Crippen LogP contribution in [0.2, 0.25) is 5.02 Å². The molecule has 0 aliphatic carbocycles. The quantitative estimate of drug-likeness (QED) is 0.289. The first-order valence-electron chi connectivity index (χ1n) is 9.59. The van der Waals surface area contributed by atoms with Gasteiger partial charge in [-0.3, -0.25) is 4.79 Å². The highest BCUT2D eigenvalue weighted by molar-refractivity contribution is 7.87. The van der Waals surface area contributed by atoms with Gasteiger partial charge in [0, 0.05) is 5.56 Å². The van der Waals surface area contributed by atoms with Crippen molar-refractivity contribution in [1.82, 2.24) is 5.43 Å². The summed E-state index contributed by atoms with van der Waals surface area (Å²) in [4.78, 5) is 12.2. The number of carbonyl (C=O) groups is 1. The van der Waals surface area contributed by atoms with Crippen LogP contribution in [0.1, 0.15) is 21.5 Å². The molecule has 3 aromatic rings. The van der Waals surface area contributed by atoms with E-state index in [0.717, 1.165) is 5.56 Å². The van der Waals surface area contributed by atoms with Crippen molar-refractivity contribution in [2.24, 2.45) is 5.10 Å². The van der Waals surface area contributed by atoms with E-state index >= 15 is 0 Å². The lowest BCUT2D eigenvalue weighted by molar-refractivity contribution is 0.0955. The van der Waals surface area contributed by atoms with Gasteiger partial charge in [-0.25, -0.2) is 5.43 Å². The smallest absolute Gasteiger partial charge is 0.339 e. The lowest BCUT2D eigenvalue weighted by Crippen LogP contribution is -2.17. The van der Waals surface area contributed by atoms with Gasteiger partial charge in [0.1, 0.15) is 10.6 Å². The Bertz CT molecular complexity index is 1270. The highest BCUT2D eigenvalue weighted by Gasteiger charge is 2.22. The fourth-order valence-electron chi connectivity index (χ4n) is 2.73. The summed E-state index contributed by atoms with van der Waals surface area (Å²) < 4.78 is 40.8. The second-order valence-electron chi connectivity index (χ2n) is 6.81. The molecule has 0 atom stereocenters. The third-order valence-corrected chi connectivity index (χ3v) is 6.00. The van der Waals surface area contributed by atoms with Crippen LogP contribution in [0.4, 0.5) is 0 Å². The highest BCUT2D eigenvalue weighted by Crippen LogP contribution is 2.38. The predicted octanol–water partition coefficient (Wildman–Crippen LogP) is 4.20. The Kier molecular flexibility index (Phi) is 7.57. The zero-order valence-electron chi connectivity index (χ0n) is 18.0. The number of ether oxygens (including phenoxy) is 2. The summed E-state index contributed by atoms with van der Waals surface area (Å²) in [5, 5.41) is 3.90. The molecule has 1 amide bonds. The maximum atomic E-state index is 12.6. The molecule has 0 unspecified atom stereocenters. The molecule has 0 aliphatic heterocycles. The van der Waals surface area contributed by atoms with Crippen molar-refractivity contribution < 1.29 is 26.9 Å². The molecular weight excluding hydrogens is 468 g/mol. The summed E-state index contributed by atoms with van der Waals surface area (Å²) in [5.74, 6) is 0.139. The third kappa shape index (κ3) is 6.03. The Labute approximate surface area is 196 Å². The number of amides is 1. The van der Waals surface area contributed by atoms with Gasteiger partial charge in [0.2, 0.25) is 5.75 Å². The van der Waals surface area contributed by atoms with Crippen LogP contribution < -0.4 is 19.1 Å². The molecule has 0 aliphatic rings. The predicted molar refractivity (Wildman–Crippen MR) is 125 cm³/mol. The van der Waals surface area contributed by atoms with Crippen LogP contribution in [0.5, 0.6) is 17.2 Å². The molecule has 0 fully saturated rings. The normalized spacial score (nSPS) is 11.3. The number of aryl methyl sites for hydroxylation is 1. The van der Waals surface area contributed by atoms with Crippen molar-refractivity contribution in [3.05, 3.63) is 82.4 Å². The minimum atomic E-state index is -4.13. The van der Waals surface area contributed by atoms with Gasteiger partial charge in [-0.1, -0.05) is 29.3 Å². The second-order valence-corrected chi connectivity index (χ2v) is 8.77. The third-order valence-electron chi connectivity index (χ3n) is 4.49. The number of benzene rings is 3. The SMILES string of the molecule is COc1ccc(C(=O)N/N=C/c2cc(Cl)c(OS(=O)(=O)c3ccc(C)cc3)c(OC)c2)cc1.